The molecule has 0 unspecified atom stereocenters. The van der Waals surface area contributed by atoms with Gasteiger partial charge in [-0.2, -0.15) is 0 Å². The molecule has 1 aromatic heterocycles. The summed E-state index contributed by atoms with van der Waals surface area (Å²) >= 11 is 5.52. The number of hydrogen-bond donors (Lipinski definition) is 0. The average molecular weight is 208 g/mol. The van der Waals surface area contributed by atoms with Gasteiger partial charge in [-0.1, -0.05) is 0 Å². The van der Waals surface area contributed by atoms with Crippen molar-refractivity contribution in [2.45, 2.75) is 12.3 Å². The number of rotatable bonds is 3. The van der Waals surface area contributed by atoms with Gasteiger partial charge in [-0.15, -0.1) is 11.6 Å². The molecular formula is C8H8ClF2NO. The molecular weight excluding hydrogens is 200 g/mol. The largest absolute Gasteiger partial charge is 0.496 e. The van der Waals surface area contributed by atoms with E-state index in [2.05, 4.69) is 4.98 Å². The molecule has 1 aromatic rings. The van der Waals surface area contributed by atoms with Crippen LogP contribution >= 0.6 is 11.6 Å². The Balaban J connectivity index is 3.19. The maximum Gasteiger partial charge on any atom is 0.268 e. The van der Waals surface area contributed by atoms with Gasteiger partial charge in [-0.25, -0.2) is 8.78 Å². The second-order valence-electron chi connectivity index (χ2n) is 2.36. The third kappa shape index (κ3) is 2.06. The molecule has 5 heteroatoms. The smallest absolute Gasteiger partial charge is 0.268 e. The number of alkyl halides is 3. The molecule has 0 N–H and O–H groups in total. The van der Waals surface area contributed by atoms with Crippen molar-refractivity contribution in [1.82, 2.24) is 4.98 Å². The minimum atomic E-state index is -2.59. The van der Waals surface area contributed by atoms with Crippen LogP contribution in [0.15, 0.2) is 12.4 Å². The van der Waals surface area contributed by atoms with Crippen LogP contribution in [0.3, 0.4) is 0 Å². The molecule has 0 saturated carbocycles. The Hall–Kier alpha value is -0.900. The van der Waals surface area contributed by atoms with Crippen LogP contribution in [-0.2, 0) is 5.88 Å². The van der Waals surface area contributed by atoms with E-state index < -0.39 is 6.43 Å². The first-order valence-corrected chi connectivity index (χ1v) is 4.09. The molecule has 0 aromatic carbocycles. The molecule has 0 saturated heterocycles. The Morgan fingerprint density at radius 1 is 1.54 bits per heavy atom. The van der Waals surface area contributed by atoms with Gasteiger partial charge in [0.15, 0.2) is 0 Å². The highest BCUT2D eigenvalue weighted by atomic mass is 35.5. The van der Waals surface area contributed by atoms with E-state index in [0.717, 1.165) is 6.20 Å². The fourth-order valence-electron chi connectivity index (χ4n) is 1.01. The lowest BCUT2D eigenvalue weighted by Gasteiger charge is -2.09. The summed E-state index contributed by atoms with van der Waals surface area (Å²) in [5.41, 5.74) is 0.252. The second-order valence-corrected chi connectivity index (χ2v) is 2.62. The first-order valence-electron chi connectivity index (χ1n) is 3.55. The van der Waals surface area contributed by atoms with E-state index in [0.29, 0.717) is 5.56 Å². The summed E-state index contributed by atoms with van der Waals surface area (Å²) in [5.74, 6) is 0.233. The summed E-state index contributed by atoms with van der Waals surface area (Å²) in [4.78, 5) is 3.64. The molecule has 0 spiro atoms. The predicted molar refractivity (Wildman–Crippen MR) is 45.3 cm³/mol. The highest BCUT2D eigenvalue weighted by Gasteiger charge is 2.16. The van der Waals surface area contributed by atoms with Crippen LogP contribution in [0.5, 0.6) is 5.75 Å². The van der Waals surface area contributed by atoms with Crippen LogP contribution in [0.25, 0.3) is 0 Å². The van der Waals surface area contributed by atoms with Crippen LogP contribution in [0.1, 0.15) is 17.6 Å². The zero-order chi connectivity index (χ0) is 9.84. The zero-order valence-corrected chi connectivity index (χ0v) is 7.68. The zero-order valence-electron chi connectivity index (χ0n) is 6.93. The molecule has 0 aliphatic rings. The quantitative estimate of drug-likeness (QED) is 0.711. The maximum absolute atomic E-state index is 12.4. The number of ether oxygens (including phenoxy) is 1. The van der Waals surface area contributed by atoms with Crippen LogP contribution < -0.4 is 4.74 Å². The van der Waals surface area contributed by atoms with E-state index in [9.17, 15) is 8.78 Å². The summed E-state index contributed by atoms with van der Waals surface area (Å²) in [6.07, 6.45) is -0.0947. The highest BCUT2D eigenvalue weighted by molar-refractivity contribution is 6.17. The van der Waals surface area contributed by atoms with Gasteiger partial charge in [-0.05, 0) is 0 Å². The third-order valence-corrected chi connectivity index (χ3v) is 1.87. The molecule has 1 heterocycles. The molecule has 13 heavy (non-hydrogen) atoms. The number of halogens is 3. The van der Waals surface area contributed by atoms with E-state index in [4.69, 9.17) is 16.3 Å². The lowest BCUT2D eigenvalue weighted by atomic mass is 10.2. The number of methoxy groups -OCH3 is 1. The Labute approximate surface area is 79.5 Å². The van der Waals surface area contributed by atoms with Gasteiger partial charge in [0.1, 0.15) is 5.75 Å². The van der Waals surface area contributed by atoms with Gasteiger partial charge >= 0.3 is 0 Å². The molecule has 0 amide bonds. The fraction of sp³-hybridized carbons (Fsp3) is 0.375. The number of pyridine rings is 1. The summed E-state index contributed by atoms with van der Waals surface area (Å²) in [5, 5.41) is 0. The second kappa shape index (κ2) is 4.37. The molecule has 2 nitrogen and oxygen atoms in total. The van der Waals surface area contributed by atoms with Gasteiger partial charge in [0.05, 0.1) is 18.6 Å². The van der Waals surface area contributed by atoms with Gasteiger partial charge in [0.25, 0.3) is 6.43 Å². The lowest BCUT2D eigenvalue weighted by Crippen LogP contribution is -1.97. The summed E-state index contributed by atoms with van der Waals surface area (Å²) in [6, 6.07) is 0. The lowest BCUT2D eigenvalue weighted by molar-refractivity contribution is 0.146. The molecule has 0 aliphatic carbocycles. The first-order chi connectivity index (χ1) is 6.20. The SMILES string of the molecule is COc1c(CCl)cncc1C(F)F. The summed E-state index contributed by atoms with van der Waals surface area (Å²) < 4.78 is 29.6. The highest BCUT2D eigenvalue weighted by Crippen LogP contribution is 2.31. The van der Waals surface area contributed by atoms with E-state index in [1.807, 2.05) is 0 Å². The van der Waals surface area contributed by atoms with Gasteiger partial charge in [0.2, 0.25) is 0 Å². The Morgan fingerprint density at radius 2 is 2.23 bits per heavy atom. The Bertz CT molecular complexity index is 293. The molecule has 0 aliphatic heterocycles. The number of hydrogen-bond acceptors (Lipinski definition) is 2. The van der Waals surface area contributed by atoms with Crippen molar-refractivity contribution >= 4 is 11.6 Å². The van der Waals surface area contributed by atoms with Crippen LogP contribution in [0.2, 0.25) is 0 Å². The van der Waals surface area contributed by atoms with Gasteiger partial charge in [0, 0.05) is 18.0 Å². The minimum absolute atomic E-state index is 0.108. The summed E-state index contributed by atoms with van der Waals surface area (Å²) in [7, 11) is 1.33. The molecule has 72 valence electrons. The van der Waals surface area contributed by atoms with Crippen molar-refractivity contribution < 1.29 is 13.5 Å². The van der Waals surface area contributed by atoms with E-state index in [1.165, 1.54) is 13.3 Å². The topological polar surface area (TPSA) is 22.1 Å². The van der Waals surface area contributed by atoms with E-state index in [1.54, 1.807) is 0 Å². The summed E-state index contributed by atoms with van der Waals surface area (Å²) in [6.45, 7) is 0. The van der Waals surface area contributed by atoms with Crippen molar-refractivity contribution in [2.24, 2.45) is 0 Å². The van der Waals surface area contributed by atoms with Crippen molar-refractivity contribution in [1.29, 1.82) is 0 Å². The molecule has 1 rings (SSSR count). The van der Waals surface area contributed by atoms with Crippen molar-refractivity contribution in [3.05, 3.63) is 23.5 Å². The fourth-order valence-corrected chi connectivity index (χ4v) is 1.20. The van der Waals surface area contributed by atoms with Crippen LogP contribution in [-0.4, -0.2) is 12.1 Å². The Morgan fingerprint density at radius 3 is 2.69 bits per heavy atom. The normalized spacial score (nSPS) is 10.5. The minimum Gasteiger partial charge on any atom is -0.496 e. The molecule has 0 fully saturated rings. The van der Waals surface area contributed by atoms with E-state index in [-0.39, 0.29) is 17.2 Å². The van der Waals surface area contributed by atoms with Gasteiger partial charge in [-0.3, -0.25) is 4.98 Å². The molecule has 0 radical (unpaired) electrons. The van der Waals surface area contributed by atoms with Gasteiger partial charge < -0.3 is 4.74 Å². The molecule has 0 atom stereocenters. The maximum atomic E-state index is 12.4. The number of aromatic nitrogens is 1. The van der Waals surface area contributed by atoms with Crippen LogP contribution in [0.4, 0.5) is 8.78 Å². The van der Waals surface area contributed by atoms with Crippen LogP contribution in [0, 0.1) is 0 Å². The predicted octanol–water partition coefficient (Wildman–Crippen LogP) is 2.77. The Kier molecular flexibility index (Phi) is 3.42. The molecule has 0 bridgehead atoms. The van der Waals surface area contributed by atoms with Crippen molar-refractivity contribution in [2.75, 3.05) is 7.11 Å². The standard InChI is InChI=1S/C8H8ClF2NO/c1-13-7-5(2-9)3-12-4-6(7)8(10)11/h3-4,8H,2H2,1H3. The first kappa shape index (κ1) is 10.2. The third-order valence-electron chi connectivity index (χ3n) is 1.58. The van der Waals surface area contributed by atoms with E-state index >= 15 is 0 Å². The van der Waals surface area contributed by atoms with Crippen molar-refractivity contribution in [3.8, 4) is 5.75 Å². The number of nitrogens with zero attached hydrogens (tertiary/aromatic N) is 1. The monoisotopic (exact) mass is 207 g/mol. The van der Waals surface area contributed by atoms with Crippen molar-refractivity contribution in [3.63, 3.8) is 0 Å². The average Bonchev–Trinajstić information content (AvgIpc) is 2.16.